The molecule has 0 saturated heterocycles. The Morgan fingerprint density at radius 2 is 2.07 bits per heavy atom. The van der Waals surface area contributed by atoms with Gasteiger partial charge in [0.1, 0.15) is 6.23 Å². The van der Waals surface area contributed by atoms with Crippen molar-refractivity contribution in [2.45, 2.75) is 45.9 Å². The van der Waals surface area contributed by atoms with Crippen molar-refractivity contribution >= 4 is 0 Å². The van der Waals surface area contributed by atoms with Gasteiger partial charge in [-0.2, -0.15) is 0 Å². The van der Waals surface area contributed by atoms with Crippen molar-refractivity contribution in [3.8, 4) is 0 Å². The van der Waals surface area contributed by atoms with Crippen LogP contribution in [0.5, 0.6) is 0 Å². The molecule has 0 amide bonds. The van der Waals surface area contributed by atoms with Crippen LogP contribution in [0.25, 0.3) is 0 Å². The van der Waals surface area contributed by atoms with Gasteiger partial charge in [-0.1, -0.05) is 19.1 Å². The average Bonchev–Trinajstić information content (AvgIpc) is 2.17. The number of allylic oxidation sites excluding steroid dienone is 3. The van der Waals surface area contributed by atoms with E-state index in [0.717, 1.165) is 6.42 Å². The van der Waals surface area contributed by atoms with E-state index < -0.39 is 6.23 Å². The van der Waals surface area contributed by atoms with Crippen LogP contribution < -0.4 is 10.6 Å². The molecule has 0 radical (unpaired) electrons. The van der Waals surface area contributed by atoms with Crippen LogP contribution in [0.1, 0.15) is 33.6 Å². The standard InChI is InChI=1S/C12H24N2O/c1-5-11(13-4)8-6-7-9-12(15)14-10(2)3/h6-8,10,12-15H,5,9H2,1-4H3/b7-6-,11-8+. The molecule has 0 aromatic heterocycles. The van der Waals surface area contributed by atoms with Gasteiger partial charge in [0.05, 0.1) is 0 Å². The smallest absolute Gasteiger partial charge is 0.108 e. The first-order chi connectivity index (χ1) is 7.10. The van der Waals surface area contributed by atoms with Crippen molar-refractivity contribution in [2.24, 2.45) is 0 Å². The molecule has 0 spiro atoms. The van der Waals surface area contributed by atoms with Gasteiger partial charge in [-0.05, 0) is 26.3 Å². The fourth-order valence-electron chi connectivity index (χ4n) is 1.22. The molecule has 3 nitrogen and oxygen atoms in total. The SMILES string of the molecule is CC/C(=C\C=C/CC(O)NC(C)C)NC. The molecule has 15 heavy (non-hydrogen) atoms. The van der Waals surface area contributed by atoms with E-state index in [1.54, 1.807) is 0 Å². The van der Waals surface area contributed by atoms with E-state index in [2.05, 4.69) is 17.6 Å². The van der Waals surface area contributed by atoms with Crippen molar-refractivity contribution in [1.82, 2.24) is 10.6 Å². The monoisotopic (exact) mass is 212 g/mol. The molecule has 0 aliphatic carbocycles. The summed E-state index contributed by atoms with van der Waals surface area (Å²) >= 11 is 0. The lowest BCUT2D eigenvalue weighted by atomic mass is 10.2. The van der Waals surface area contributed by atoms with Crippen molar-refractivity contribution in [2.75, 3.05) is 7.05 Å². The Morgan fingerprint density at radius 1 is 1.40 bits per heavy atom. The third kappa shape index (κ3) is 8.21. The lowest BCUT2D eigenvalue weighted by molar-refractivity contribution is 0.130. The summed E-state index contributed by atoms with van der Waals surface area (Å²) in [4.78, 5) is 0. The minimum atomic E-state index is -0.450. The summed E-state index contributed by atoms with van der Waals surface area (Å²) in [6.45, 7) is 6.14. The van der Waals surface area contributed by atoms with Gasteiger partial charge < -0.3 is 10.4 Å². The minimum Gasteiger partial charge on any atom is -0.391 e. The predicted molar refractivity (Wildman–Crippen MR) is 65.5 cm³/mol. The van der Waals surface area contributed by atoms with Crippen LogP contribution in [-0.2, 0) is 0 Å². The Labute approximate surface area is 93.3 Å². The number of hydrogen-bond donors (Lipinski definition) is 3. The molecule has 0 aliphatic rings. The molecule has 0 fully saturated rings. The van der Waals surface area contributed by atoms with Crippen LogP contribution in [0, 0.1) is 0 Å². The summed E-state index contributed by atoms with van der Waals surface area (Å²) in [6.07, 6.45) is 7.15. The Balaban J connectivity index is 3.83. The highest BCUT2D eigenvalue weighted by Gasteiger charge is 2.01. The number of nitrogens with one attached hydrogen (secondary N) is 2. The first kappa shape index (κ1) is 14.2. The fraction of sp³-hybridized carbons (Fsp3) is 0.667. The third-order valence-corrected chi connectivity index (χ3v) is 2.02. The normalized spacial score (nSPS) is 14.9. The van der Waals surface area contributed by atoms with E-state index in [-0.39, 0.29) is 0 Å². The van der Waals surface area contributed by atoms with Crippen LogP contribution in [0.4, 0.5) is 0 Å². The molecule has 0 bridgehead atoms. The van der Waals surface area contributed by atoms with Crippen LogP contribution in [-0.4, -0.2) is 24.4 Å². The Morgan fingerprint density at radius 3 is 2.53 bits per heavy atom. The third-order valence-electron chi connectivity index (χ3n) is 2.02. The van der Waals surface area contributed by atoms with Gasteiger partial charge in [-0.15, -0.1) is 0 Å². The van der Waals surface area contributed by atoms with Gasteiger partial charge in [-0.25, -0.2) is 0 Å². The van der Waals surface area contributed by atoms with Gasteiger partial charge in [0.25, 0.3) is 0 Å². The van der Waals surface area contributed by atoms with Crippen molar-refractivity contribution in [3.63, 3.8) is 0 Å². The predicted octanol–water partition coefficient (Wildman–Crippen LogP) is 1.76. The van der Waals surface area contributed by atoms with Crippen LogP contribution in [0.2, 0.25) is 0 Å². The Bertz CT molecular complexity index is 204. The largest absolute Gasteiger partial charge is 0.391 e. The van der Waals surface area contributed by atoms with E-state index >= 15 is 0 Å². The van der Waals surface area contributed by atoms with Crippen molar-refractivity contribution in [3.05, 3.63) is 23.9 Å². The molecule has 3 N–H and O–H groups in total. The molecule has 88 valence electrons. The summed E-state index contributed by atoms with van der Waals surface area (Å²) in [7, 11) is 1.92. The van der Waals surface area contributed by atoms with E-state index in [1.165, 1.54) is 5.70 Å². The highest BCUT2D eigenvalue weighted by atomic mass is 16.3. The number of rotatable bonds is 7. The number of aliphatic hydroxyl groups is 1. The van der Waals surface area contributed by atoms with Gasteiger partial charge in [0.2, 0.25) is 0 Å². The number of hydrogen-bond acceptors (Lipinski definition) is 3. The molecule has 0 aromatic carbocycles. The molecule has 0 heterocycles. The van der Waals surface area contributed by atoms with E-state index in [0.29, 0.717) is 12.5 Å². The maximum absolute atomic E-state index is 9.50. The quantitative estimate of drug-likeness (QED) is 0.445. The number of aliphatic hydroxyl groups excluding tert-OH is 1. The molecule has 0 aliphatic heterocycles. The zero-order chi connectivity index (χ0) is 11.7. The first-order valence-corrected chi connectivity index (χ1v) is 5.57. The summed E-state index contributed by atoms with van der Waals surface area (Å²) in [5.74, 6) is 0. The van der Waals surface area contributed by atoms with Crippen LogP contribution in [0.3, 0.4) is 0 Å². The summed E-state index contributed by atoms with van der Waals surface area (Å²) in [5, 5.41) is 15.6. The second-order valence-corrected chi connectivity index (χ2v) is 3.80. The van der Waals surface area contributed by atoms with Gasteiger partial charge >= 0.3 is 0 Å². The molecule has 0 saturated carbocycles. The molecule has 3 heteroatoms. The maximum Gasteiger partial charge on any atom is 0.108 e. The van der Waals surface area contributed by atoms with Gasteiger partial charge in [-0.3, -0.25) is 5.32 Å². The Kier molecular flexibility index (Phi) is 8.05. The first-order valence-electron chi connectivity index (χ1n) is 5.57. The zero-order valence-electron chi connectivity index (χ0n) is 10.2. The molecule has 1 unspecified atom stereocenters. The molecule has 1 atom stereocenters. The average molecular weight is 212 g/mol. The van der Waals surface area contributed by atoms with Gasteiger partial charge in [0.15, 0.2) is 0 Å². The molecular formula is C12H24N2O. The molecule has 0 rings (SSSR count). The van der Waals surface area contributed by atoms with E-state index in [4.69, 9.17) is 0 Å². The molecule has 0 aromatic rings. The molecular weight excluding hydrogens is 188 g/mol. The van der Waals surface area contributed by atoms with Gasteiger partial charge in [0, 0.05) is 25.2 Å². The lowest BCUT2D eigenvalue weighted by Crippen LogP contribution is -2.33. The van der Waals surface area contributed by atoms with Crippen LogP contribution in [0.15, 0.2) is 23.9 Å². The maximum atomic E-state index is 9.50. The highest BCUT2D eigenvalue weighted by Crippen LogP contribution is 1.97. The van der Waals surface area contributed by atoms with Crippen molar-refractivity contribution in [1.29, 1.82) is 0 Å². The minimum absolute atomic E-state index is 0.312. The second-order valence-electron chi connectivity index (χ2n) is 3.80. The lowest BCUT2D eigenvalue weighted by Gasteiger charge is -2.13. The zero-order valence-corrected chi connectivity index (χ0v) is 10.2. The Hall–Kier alpha value is -0.800. The summed E-state index contributed by atoms with van der Waals surface area (Å²) < 4.78 is 0. The highest BCUT2D eigenvalue weighted by molar-refractivity contribution is 5.10. The second kappa shape index (κ2) is 8.50. The van der Waals surface area contributed by atoms with E-state index in [1.807, 2.05) is 39.1 Å². The van der Waals surface area contributed by atoms with Crippen molar-refractivity contribution < 1.29 is 5.11 Å². The summed E-state index contributed by atoms with van der Waals surface area (Å²) in [6, 6.07) is 0.312. The van der Waals surface area contributed by atoms with Crippen LogP contribution >= 0.6 is 0 Å². The summed E-state index contributed by atoms with van der Waals surface area (Å²) in [5.41, 5.74) is 1.19. The fourth-order valence-corrected chi connectivity index (χ4v) is 1.22. The topological polar surface area (TPSA) is 44.3 Å². The van der Waals surface area contributed by atoms with E-state index in [9.17, 15) is 5.11 Å².